The highest BCUT2D eigenvalue weighted by atomic mass is 32.1. The highest BCUT2D eigenvalue weighted by Crippen LogP contribution is 2.44. The van der Waals surface area contributed by atoms with Crippen LogP contribution in [-0.2, 0) is 0 Å². The van der Waals surface area contributed by atoms with Crippen LogP contribution in [0.5, 0.6) is 0 Å². The fourth-order valence-electron chi connectivity index (χ4n) is 8.49. The molecule has 5 nitrogen and oxygen atoms in total. The molecule has 12 aromatic rings. The maximum atomic E-state index is 5.17. The molecule has 5 heterocycles. The smallest absolute Gasteiger partial charge is 0.220 e. The lowest BCUT2D eigenvalue weighted by molar-refractivity contribution is 1.06. The summed E-state index contributed by atoms with van der Waals surface area (Å²) < 4.78 is 12.1. The minimum absolute atomic E-state index is 0.905. The van der Waals surface area contributed by atoms with Gasteiger partial charge >= 0.3 is 0 Å². The third-order valence-electron chi connectivity index (χ3n) is 10.6. The summed E-state index contributed by atoms with van der Waals surface area (Å²) in [6.07, 6.45) is 0. The van der Waals surface area contributed by atoms with Gasteiger partial charge < -0.3 is 0 Å². The van der Waals surface area contributed by atoms with Crippen LogP contribution in [0.15, 0.2) is 164 Å². The SMILES string of the molecule is c1cc(-n2c3ccccc3c3c4ccccc4n(-c4cccc5c4sc4ccccc45)c32)cc(-n2c3ccccc3n3c4ccccc4nc23)c1. The molecule has 0 spiro atoms. The molecule has 238 valence electrons. The number of hydrogen-bond donors (Lipinski definition) is 0. The summed E-state index contributed by atoms with van der Waals surface area (Å²) in [4.78, 5) is 5.17. The van der Waals surface area contributed by atoms with Gasteiger partial charge in [-0.1, -0.05) is 97.1 Å². The fraction of sp³-hybridized carbons (Fsp3) is 0. The number of nitrogens with zero attached hydrogens (tertiary/aromatic N) is 5. The maximum Gasteiger partial charge on any atom is 0.220 e. The highest BCUT2D eigenvalue weighted by Gasteiger charge is 2.24. The Morgan fingerprint density at radius 2 is 1.02 bits per heavy atom. The summed E-state index contributed by atoms with van der Waals surface area (Å²) in [6, 6.07) is 59.2. The van der Waals surface area contributed by atoms with Crippen molar-refractivity contribution >= 4 is 92.2 Å². The van der Waals surface area contributed by atoms with Gasteiger partial charge in [-0.25, -0.2) is 4.98 Å². The molecule has 0 amide bonds. The van der Waals surface area contributed by atoms with E-state index in [4.69, 9.17) is 4.98 Å². The van der Waals surface area contributed by atoms with Gasteiger partial charge in [-0.05, 0) is 66.7 Å². The van der Waals surface area contributed by atoms with Crippen molar-refractivity contribution in [3.05, 3.63) is 164 Å². The Labute approximate surface area is 295 Å². The van der Waals surface area contributed by atoms with Gasteiger partial charge in [-0.3, -0.25) is 18.1 Å². The Morgan fingerprint density at radius 1 is 0.431 bits per heavy atom. The van der Waals surface area contributed by atoms with E-state index in [1.54, 1.807) is 0 Å². The van der Waals surface area contributed by atoms with Gasteiger partial charge in [0, 0.05) is 37.3 Å². The molecule has 0 saturated heterocycles. The lowest BCUT2D eigenvalue weighted by Crippen LogP contribution is -2.03. The number of aromatic nitrogens is 5. The van der Waals surface area contributed by atoms with E-state index in [0.717, 1.165) is 44.9 Å². The van der Waals surface area contributed by atoms with E-state index in [-0.39, 0.29) is 0 Å². The van der Waals surface area contributed by atoms with Gasteiger partial charge in [0.15, 0.2) is 0 Å². The molecule has 0 atom stereocenters. The molecule has 5 aromatic heterocycles. The van der Waals surface area contributed by atoms with Crippen LogP contribution in [0.2, 0.25) is 0 Å². The van der Waals surface area contributed by atoms with Crippen LogP contribution >= 0.6 is 11.3 Å². The first-order valence-corrected chi connectivity index (χ1v) is 18.1. The van der Waals surface area contributed by atoms with Gasteiger partial charge in [0.05, 0.1) is 49.2 Å². The minimum Gasteiger partial charge on any atom is -0.295 e. The first-order chi connectivity index (χ1) is 25.3. The average Bonchev–Trinajstić information content (AvgIpc) is 3.97. The predicted molar refractivity (Wildman–Crippen MR) is 214 cm³/mol. The van der Waals surface area contributed by atoms with Crippen LogP contribution < -0.4 is 0 Å². The van der Waals surface area contributed by atoms with Crippen LogP contribution in [0.4, 0.5) is 0 Å². The third kappa shape index (κ3) is 3.56. The number of imidazole rings is 2. The van der Waals surface area contributed by atoms with Crippen LogP contribution in [0.25, 0.3) is 97.9 Å². The van der Waals surface area contributed by atoms with E-state index >= 15 is 0 Å². The molecule has 0 N–H and O–H groups in total. The molecule has 12 rings (SSSR count). The van der Waals surface area contributed by atoms with Gasteiger partial charge in [0.25, 0.3) is 0 Å². The molecule has 51 heavy (non-hydrogen) atoms. The van der Waals surface area contributed by atoms with Crippen LogP contribution in [0.1, 0.15) is 0 Å². The standard InChI is InChI=1S/C45H27N5S/c1-5-20-35-32(16-1)42-33-17-2-6-21-36(33)49(40-25-12-18-31-30-15-3-10-26-41(30)51-43(31)40)44(42)47(35)28-13-11-14-29(27-28)48-38-23-8-9-24-39(38)50-37-22-7-4-19-34(37)46-45(48)50/h1-27H. The van der Waals surface area contributed by atoms with Crippen molar-refractivity contribution in [3.63, 3.8) is 0 Å². The second-order valence-electron chi connectivity index (χ2n) is 13.2. The summed E-state index contributed by atoms with van der Waals surface area (Å²) in [7, 11) is 0. The Bertz CT molecular complexity index is 3380. The van der Waals surface area contributed by atoms with Crippen molar-refractivity contribution < 1.29 is 0 Å². The number of hydrogen-bond acceptors (Lipinski definition) is 2. The van der Waals surface area contributed by atoms with Crippen molar-refractivity contribution in [3.8, 4) is 17.1 Å². The zero-order valence-electron chi connectivity index (χ0n) is 27.2. The lowest BCUT2D eigenvalue weighted by Gasteiger charge is -2.15. The number of fused-ring (bicyclic) bond motifs is 13. The number of para-hydroxylation sites is 6. The van der Waals surface area contributed by atoms with Crippen molar-refractivity contribution in [2.24, 2.45) is 0 Å². The topological polar surface area (TPSA) is 32.1 Å². The first-order valence-electron chi connectivity index (χ1n) is 17.2. The van der Waals surface area contributed by atoms with Gasteiger partial charge in [0.1, 0.15) is 5.65 Å². The molecule has 0 saturated carbocycles. The van der Waals surface area contributed by atoms with Crippen LogP contribution in [0, 0.1) is 0 Å². The van der Waals surface area contributed by atoms with E-state index in [2.05, 4.69) is 182 Å². The van der Waals surface area contributed by atoms with E-state index in [9.17, 15) is 0 Å². The van der Waals surface area contributed by atoms with Crippen molar-refractivity contribution in [2.75, 3.05) is 0 Å². The molecular formula is C45H27N5S. The molecule has 7 aromatic carbocycles. The van der Waals surface area contributed by atoms with Crippen molar-refractivity contribution in [2.45, 2.75) is 0 Å². The number of rotatable bonds is 3. The largest absolute Gasteiger partial charge is 0.295 e. The van der Waals surface area contributed by atoms with E-state index in [1.165, 1.54) is 53.1 Å². The molecule has 0 radical (unpaired) electrons. The Balaban J connectivity index is 1.21. The number of thiophene rings is 1. The van der Waals surface area contributed by atoms with E-state index in [1.807, 2.05) is 11.3 Å². The van der Waals surface area contributed by atoms with E-state index < -0.39 is 0 Å². The first kappa shape index (κ1) is 27.2. The van der Waals surface area contributed by atoms with Crippen LogP contribution in [-0.4, -0.2) is 23.1 Å². The molecule has 0 aliphatic carbocycles. The van der Waals surface area contributed by atoms with Gasteiger partial charge in [-0.15, -0.1) is 11.3 Å². The van der Waals surface area contributed by atoms with Crippen molar-refractivity contribution in [1.29, 1.82) is 0 Å². The second kappa shape index (κ2) is 9.97. The molecule has 0 aliphatic rings. The molecule has 0 aliphatic heterocycles. The predicted octanol–water partition coefficient (Wildman–Crippen LogP) is 11.8. The van der Waals surface area contributed by atoms with E-state index in [0.29, 0.717) is 0 Å². The third-order valence-corrected chi connectivity index (χ3v) is 11.8. The zero-order valence-corrected chi connectivity index (χ0v) is 28.0. The Kier molecular flexibility index (Phi) is 5.32. The van der Waals surface area contributed by atoms with Crippen LogP contribution in [0.3, 0.4) is 0 Å². The molecule has 0 fully saturated rings. The highest BCUT2D eigenvalue weighted by molar-refractivity contribution is 7.26. The average molecular weight is 670 g/mol. The molecular weight excluding hydrogens is 643 g/mol. The maximum absolute atomic E-state index is 5.17. The monoisotopic (exact) mass is 669 g/mol. The van der Waals surface area contributed by atoms with Gasteiger partial charge in [0.2, 0.25) is 5.78 Å². The minimum atomic E-state index is 0.905. The molecule has 6 heteroatoms. The quantitative estimate of drug-likeness (QED) is 0.184. The normalized spacial score (nSPS) is 12.3. The summed E-state index contributed by atoms with van der Waals surface area (Å²) in [6.45, 7) is 0. The summed E-state index contributed by atoms with van der Waals surface area (Å²) in [5.41, 5.74) is 11.2. The molecule has 0 bridgehead atoms. The summed E-state index contributed by atoms with van der Waals surface area (Å²) in [5, 5.41) is 6.35. The zero-order chi connectivity index (χ0) is 33.2. The summed E-state index contributed by atoms with van der Waals surface area (Å²) in [5.74, 6) is 0.905. The number of benzene rings is 7. The van der Waals surface area contributed by atoms with Crippen molar-refractivity contribution in [1.82, 2.24) is 23.1 Å². The fourth-order valence-corrected chi connectivity index (χ4v) is 9.69. The van der Waals surface area contributed by atoms with Gasteiger partial charge in [-0.2, -0.15) is 0 Å². The molecule has 0 unspecified atom stereocenters. The second-order valence-corrected chi connectivity index (χ2v) is 14.3. The lowest BCUT2D eigenvalue weighted by atomic mass is 10.1. The Hall–Kier alpha value is -6.63. The summed E-state index contributed by atoms with van der Waals surface area (Å²) >= 11 is 1.87. The Morgan fingerprint density at radius 3 is 1.82 bits per heavy atom.